The first-order valence-corrected chi connectivity index (χ1v) is 7.80. The number of hydrogen-bond acceptors (Lipinski definition) is 2. The molecule has 0 aliphatic heterocycles. The summed E-state index contributed by atoms with van der Waals surface area (Å²) in [6, 6.07) is 12.1. The molecule has 0 aliphatic rings. The van der Waals surface area contributed by atoms with Gasteiger partial charge in [0.15, 0.2) is 0 Å². The Morgan fingerprint density at radius 2 is 1.74 bits per heavy atom. The van der Waals surface area contributed by atoms with Gasteiger partial charge in [0.1, 0.15) is 6.10 Å². The molecule has 0 radical (unpaired) electrons. The van der Waals surface area contributed by atoms with Crippen LogP contribution in [-0.4, -0.2) is 5.11 Å². The molecule has 0 bridgehead atoms. The molecule has 3 heteroatoms. The van der Waals surface area contributed by atoms with Crippen LogP contribution < -0.4 is 0 Å². The third-order valence-corrected chi connectivity index (χ3v) is 4.96. The molecule has 1 heterocycles. The summed E-state index contributed by atoms with van der Waals surface area (Å²) in [6.45, 7) is 2.04. The SMILES string of the molecule is Cc1cscc1C(O)c1ccc(Br)c2ccccc12. The number of aliphatic hydroxyl groups excluding tert-OH is 1. The molecule has 1 N–H and O–H groups in total. The van der Waals surface area contributed by atoms with E-state index in [4.69, 9.17) is 0 Å². The molecule has 0 spiro atoms. The average molecular weight is 333 g/mol. The lowest BCUT2D eigenvalue weighted by Gasteiger charge is -2.15. The predicted octanol–water partition coefficient (Wildman–Crippen LogP) is 5.05. The van der Waals surface area contributed by atoms with Gasteiger partial charge in [0.05, 0.1) is 0 Å². The highest BCUT2D eigenvalue weighted by Crippen LogP contribution is 2.34. The van der Waals surface area contributed by atoms with Crippen LogP contribution in [-0.2, 0) is 0 Å². The Labute approximate surface area is 124 Å². The van der Waals surface area contributed by atoms with Crippen molar-refractivity contribution < 1.29 is 5.11 Å². The maximum Gasteiger partial charge on any atom is 0.106 e. The third-order valence-electron chi connectivity index (χ3n) is 3.39. The van der Waals surface area contributed by atoms with Gasteiger partial charge in [-0.25, -0.2) is 0 Å². The van der Waals surface area contributed by atoms with Crippen LogP contribution in [0.5, 0.6) is 0 Å². The Bertz CT molecular complexity index is 732. The highest BCUT2D eigenvalue weighted by atomic mass is 79.9. The fourth-order valence-corrected chi connectivity index (χ4v) is 3.69. The molecule has 0 aliphatic carbocycles. The Balaban J connectivity index is 2.21. The van der Waals surface area contributed by atoms with Crippen molar-refractivity contribution in [3.63, 3.8) is 0 Å². The van der Waals surface area contributed by atoms with E-state index in [1.807, 2.05) is 36.6 Å². The summed E-state index contributed by atoms with van der Waals surface area (Å²) in [6.07, 6.45) is -0.566. The number of benzene rings is 2. The summed E-state index contributed by atoms with van der Waals surface area (Å²) in [5.74, 6) is 0. The standard InChI is InChI=1S/C16H13BrOS/c1-10-8-19-9-14(10)16(18)13-6-7-15(17)12-5-3-2-4-11(12)13/h2-9,16,18H,1H3. The zero-order valence-electron chi connectivity index (χ0n) is 10.4. The topological polar surface area (TPSA) is 20.2 Å². The third kappa shape index (κ3) is 2.22. The highest BCUT2D eigenvalue weighted by Gasteiger charge is 2.16. The van der Waals surface area contributed by atoms with Gasteiger partial charge in [0, 0.05) is 4.47 Å². The number of aliphatic hydroxyl groups is 1. The molecule has 1 nitrogen and oxygen atoms in total. The van der Waals surface area contributed by atoms with E-state index < -0.39 is 6.10 Å². The summed E-state index contributed by atoms with van der Waals surface area (Å²) in [7, 11) is 0. The zero-order chi connectivity index (χ0) is 13.4. The van der Waals surface area contributed by atoms with Crippen LogP contribution in [0.1, 0.15) is 22.8 Å². The van der Waals surface area contributed by atoms with Crippen molar-refractivity contribution in [2.75, 3.05) is 0 Å². The molecule has 0 saturated carbocycles. The smallest absolute Gasteiger partial charge is 0.106 e. The number of rotatable bonds is 2. The molecule has 1 unspecified atom stereocenters. The van der Waals surface area contributed by atoms with Crippen LogP contribution in [0.3, 0.4) is 0 Å². The van der Waals surface area contributed by atoms with Crippen LogP contribution in [0.25, 0.3) is 10.8 Å². The van der Waals surface area contributed by atoms with Crippen LogP contribution in [0, 0.1) is 6.92 Å². The highest BCUT2D eigenvalue weighted by molar-refractivity contribution is 9.10. The van der Waals surface area contributed by atoms with Gasteiger partial charge < -0.3 is 5.11 Å². The number of halogens is 1. The molecular formula is C16H13BrOS. The minimum atomic E-state index is -0.566. The van der Waals surface area contributed by atoms with Gasteiger partial charge in [-0.05, 0) is 51.2 Å². The van der Waals surface area contributed by atoms with E-state index in [1.165, 1.54) is 0 Å². The van der Waals surface area contributed by atoms with Gasteiger partial charge in [0.25, 0.3) is 0 Å². The van der Waals surface area contributed by atoms with Crippen molar-refractivity contribution in [3.05, 3.63) is 68.3 Å². The first-order chi connectivity index (χ1) is 9.18. The van der Waals surface area contributed by atoms with Crippen LogP contribution in [0.15, 0.2) is 51.6 Å². The first-order valence-electron chi connectivity index (χ1n) is 6.06. The molecule has 0 fully saturated rings. The average Bonchev–Trinajstić information content (AvgIpc) is 2.85. The molecular weight excluding hydrogens is 320 g/mol. The molecule has 3 rings (SSSR count). The minimum Gasteiger partial charge on any atom is -0.384 e. The van der Waals surface area contributed by atoms with E-state index in [9.17, 15) is 5.11 Å². The molecule has 1 atom stereocenters. The lowest BCUT2D eigenvalue weighted by molar-refractivity contribution is 0.221. The van der Waals surface area contributed by atoms with Gasteiger partial charge in [-0.15, -0.1) is 0 Å². The van der Waals surface area contributed by atoms with Crippen molar-refractivity contribution in [2.24, 2.45) is 0 Å². The lowest BCUT2D eigenvalue weighted by Crippen LogP contribution is -2.01. The largest absolute Gasteiger partial charge is 0.384 e. The summed E-state index contributed by atoms with van der Waals surface area (Å²) in [5.41, 5.74) is 3.10. The maximum absolute atomic E-state index is 10.6. The molecule has 96 valence electrons. The number of thiophene rings is 1. The van der Waals surface area contributed by atoms with Crippen molar-refractivity contribution in [1.29, 1.82) is 0 Å². The van der Waals surface area contributed by atoms with Gasteiger partial charge in [-0.2, -0.15) is 11.3 Å². The van der Waals surface area contributed by atoms with Crippen LogP contribution in [0.4, 0.5) is 0 Å². The molecule has 3 aromatic rings. The van der Waals surface area contributed by atoms with Crippen molar-refractivity contribution >= 4 is 38.0 Å². The number of aryl methyl sites for hydroxylation is 1. The second-order valence-corrected chi connectivity index (χ2v) is 6.19. The second-order valence-electron chi connectivity index (χ2n) is 4.59. The Morgan fingerprint density at radius 3 is 2.42 bits per heavy atom. The molecule has 2 aromatic carbocycles. The Hall–Kier alpha value is -1.16. The Morgan fingerprint density at radius 1 is 1.00 bits per heavy atom. The Kier molecular flexibility index (Phi) is 3.44. The first kappa shape index (κ1) is 12.9. The van der Waals surface area contributed by atoms with E-state index >= 15 is 0 Å². The normalized spacial score (nSPS) is 12.8. The molecule has 19 heavy (non-hydrogen) atoms. The zero-order valence-corrected chi connectivity index (χ0v) is 12.8. The van der Waals surface area contributed by atoms with E-state index in [1.54, 1.807) is 11.3 Å². The molecule has 0 saturated heterocycles. The lowest BCUT2D eigenvalue weighted by atomic mass is 9.96. The number of fused-ring (bicyclic) bond motifs is 1. The van der Waals surface area contributed by atoms with E-state index in [-0.39, 0.29) is 0 Å². The van der Waals surface area contributed by atoms with Crippen LogP contribution >= 0.6 is 27.3 Å². The van der Waals surface area contributed by atoms with Gasteiger partial charge >= 0.3 is 0 Å². The minimum absolute atomic E-state index is 0.566. The fourth-order valence-electron chi connectivity index (χ4n) is 2.34. The van der Waals surface area contributed by atoms with E-state index in [0.717, 1.165) is 31.9 Å². The monoisotopic (exact) mass is 332 g/mol. The second kappa shape index (κ2) is 5.08. The maximum atomic E-state index is 10.6. The summed E-state index contributed by atoms with van der Waals surface area (Å²) >= 11 is 5.19. The van der Waals surface area contributed by atoms with E-state index in [0.29, 0.717) is 0 Å². The quantitative estimate of drug-likeness (QED) is 0.695. The van der Waals surface area contributed by atoms with Gasteiger partial charge in [-0.1, -0.05) is 46.3 Å². The van der Waals surface area contributed by atoms with E-state index in [2.05, 4.69) is 33.4 Å². The van der Waals surface area contributed by atoms with Gasteiger partial charge in [-0.3, -0.25) is 0 Å². The van der Waals surface area contributed by atoms with Crippen molar-refractivity contribution in [3.8, 4) is 0 Å². The summed E-state index contributed by atoms with van der Waals surface area (Å²) in [4.78, 5) is 0. The van der Waals surface area contributed by atoms with Gasteiger partial charge in [0.2, 0.25) is 0 Å². The molecule has 1 aromatic heterocycles. The number of hydrogen-bond donors (Lipinski definition) is 1. The predicted molar refractivity (Wildman–Crippen MR) is 84.8 cm³/mol. The fraction of sp³-hybridized carbons (Fsp3) is 0.125. The molecule has 0 amide bonds. The van der Waals surface area contributed by atoms with Crippen molar-refractivity contribution in [2.45, 2.75) is 13.0 Å². The van der Waals surface area contributed by atoms with Crippen molar-refractivity contribution in [1.82, 2.24) is 0 Å². The summed E-state index contributed by atoms with van der Waals surface area (Å²) in [5, 5.41) is 17.0. The summed E-state index contributed by atoms with van der Waals surface area (Å²) < 4.78 is 1.06. The van der Waals surface area contributed by atoms with Crippen LogP contribution in [0.2, 0.25) is 0 Å².